The van der Waals surface area contributed by atoms with E-state index in [0.29, 0.717) is 10.9 Å². The monoisotopic (exact) mass is 301 g/mol. The summed E-state index contributed by atoms with van der Waals surface area (Å²) in [5.41, 5.74) is 2.74. The van der Waals surface area contributed by atoms with E-state index in [9.17, 15) is 9.90 Å². The molecular formula is C17H16ClNO2. The minimum absolute atomic E-state index is 0.509. The zero-order valence-corrected chi connectivity index (χ0v) is 12.2. The van der Waals surface area contributed by atoms with Gasteiger partial charge in [0.25, 0.3) is 0 Å². The van der Waals surface area contributed by atoms with Crippen LogP contribution in [-0.2, 0) is 4.79 Å². The standard InChI is InChI=1S/C17H16ClNO2/c18-12-7-9-13(10-8-12)19-16(17(20)21)15-4-2-1-3-14(15)11-5-6-11/h1-4,7-11,16,19H,5-6H2,(H,20,21). The highest BCUT2D eigenvalue weighted by atomic mass is 35.5. The third-order valence-electron chi connectivity index (χ3n) is 3.73. The average Bonchev–Trinajstić information content (AvgIpc) is 3.31. The number of halogens is 1. The SMILES string of the molecule is O=C(O)C(Nc1ccc(Cl)cc1)c1ccccc1C1CC1. The minimum Gasteiger partial charge on any atom is -0.479 e. The van der Waals surface area contributed by atoms with E-state index in [2.05, 4.69) is 5.32 Å². The lowest BCUT2D eigenvalue weighted by Gasteiger charge is -2.19. The summed E-state index contributed by atoms with van der Waals surface area (Å²) in [5.74, 6) is -0.367. The van der Waals surface area contributed by atoms with Crippen LogP contribution < -0.4 is 5.32 Å². The van der Waals surface area contributed by atoms with E-state index in [1.165, 1.54) is 0 Å². The first-order chi connectivity index (χ1) is 10.1. The lowest BCUT2D eigenvalue weighted by atomic mass is 9.97. The van der Waals surface area contributed by atoms with Gasteiger partial charge in [0.1, 0.15) is 0 Å². The highest BCUT2D eigenvalue weighted by Gasteiger charge is 2.30. The highest BCUT2D eigenvalue weighted by Crippen LogP contribution is 2.43. The number of hydrogen-bond donors (Lipinski definition) is 2. The van der Waals surface area contributed by atoms with Crippen LogP contribution in [0.25, 0.3) is 0 Å². The van der Waals surface area contributed by atoms with Crippen LogP contribution >= 0.6 is 11.6 Å². The quantitative estimate of drug-likeness (QED) is 0.857. The molecule has 2 aromatic rings. The van der Waals surface area contributed by atoms with Gasteiger partial charge in [-0.05, 0) is 54.2 Å². The van der Waals surface area contributed by atoms with Crippen LogP contribution in [0, 0.1) is 0 Å². The maximum absolute atomic E-state index is 11.7. The van der Waals surface area contributed by atoms with E-state index in [1.807, 2.05) is 24.3 Å². The topological polar surface area (TPSA) is 49.3 Å². The molecule has 0 heterocycles. The fraction of sp³-hybridized carbons (Fsp3) is 0.235. The Bertz CT molecular complexity index is 650. The number of nitrogens with one attached hydrogen (secondary N) is 1. The van der Waals surface area contributed by atoms with Gasteiger partial charge in [-0.1, -0.05) is 35.9 Å². The van der Waals surface area contributed by atoms with Crippen LogP contribution in [0.2, 0.25) is 5.02 Å². The normalized spacial score (nSPS) is 15.5. The predicted octanol–water partition coefficient (Wildman–Crippen LogP) is 4.46. The summed E-state index contributed by atoms with van der Waals surface area (Å²) in [5, 5.41) is 13.3. The summed E-state index contributed by atoms with van der Waals surface area (Å²) in [6.07, 6.45) is 2.29. The molecule has 1 atom stereocenters. The molecule has 3 rings (SSSR count). The largest absolute Gasteiger partial charge is 0.479 e. The van der Waals surface area contributed by atoms with Crippen molar-refractivity contribution in [2.24, 2.45) is 0 Å². The van der Waals surface area contributed by atoms with Gasteiger partial charge in [-0.15, -0.1) is 0 Å². The Kier molecular flexibility index (Phi) is 3.84. The number of carboxylic acid groups (broad SMARTS) is 1. The summed E-state index contributed by atoms with van der Waals surface area (Å²) in [6, 6.07) is 14.1. The molecule has 1 unspecified atom stereocenters. The molecule has 0 aliphatic heterocycles. The van der Waals surface area contributed by atoms with Crippen molar-refractivity contribution in [3.8, 4) is 0 Å². The van der Waals surface area contributed by atoms with Crippen LogP contribution in [-0.4, -0.2) is 11.1 Å². The van der Waals surface area contributed by atoms with E-state index < -0.39 is 12.0 Å². The van der Waals surface area contributed by atoms with Gasteiger partial charge in [-0.3, -0.25) is 0 Å². The zero-order chi connectivity index (χ0) is 14.8. The number of aliphatic carboxylic acids is 1. The molecule has 0 radical (unpaired) electrons. The smallest absolute Gasteiger partial charge is 0.330 e. The lowest BCUT2D eigenvalue weighted by Crippen LogP contribution is -2.21. The molecule has 0 saturated heterocycles. The molecule has 0 spiro atoms. The van der Waals surface area contributed by atoms with Crippen molar-refractivity contribution in [1.82, 2.24) is 0 Å². The van der Waals surface area contributed by atoms with Crippen LogP contribution in [0.3, 0.4) is 0 Å². The van der Waals surface area contributed by atoms with Gasteiger partial charge < -0.3 is 10.4 Å². The molecule has 108 valence electrons. The van der Waals surface area contributed by atoms with Crippen molar-refractivity contribution in [3.63, 3.8) is 0 Å². The predicted molar refractivity (Wildman–Crippen MR) is 83.9 cm³/mol. The second kappa shape index (κ2) is 5.78. The van der Waals surface area contributed by atoms with Gasteiger partial charge >= 0.3 is 5.97 Å². The Labute approximate surface area is 128 Å². The molecule has 1 saturated carbocycles. The number of anilines is 1. The maximum Gasteiger partial charge on any atom is 0.330 e. The molecule has 0 bridgehead atoms. The molecule has 1 aliphatic rings. The number of benzene rings is 2. The Morgan fingerprint density at radius 1 is 1.14 bits per heavy atom. The van der Waals surface area contributed by atoms with Crippen LogP contribution in [0.5, 0.6) is 0 Å². The first-order valence-electron chi connectivity index (χ1n) is 6.99. The third kappa shape index (κ3) is 3.19. The van der Waals surface area contributed by atoms with E-state index in [-0.39, 0.29) is 0 Å². The minimum atomic E-state index is -0.877. The van der Waals surface area contributed by atoms with Crippen molar-refractivity contribution in [3.05, 3.63) is 64.7 Å². The van der Waals surface area contributed by atoms with Gasteiger partial charge in [-0.2, -0.15) is 0 Å². The molecule has 4 heteroatoms. The number of carbonyl (C=O) groups is 1. The van der Waals surface area contributed by atoms with Crippen molar-refractivity contribution in [1.29, 1.82) is 0 Å². The molecule has 0 amide bonds. The summed E-state index contributed by atoms with van der Waals surface area (Å²) in [7, 11) is 0. The summed E-state index contributed by atoms with van der Waals surface area (Å²) >= 11 is 5.86. The molecule has 1 aliphatic carbocycles. The van der Waals surface area contributed by atoms with Crippen LogP contribution in [0.1, 0.15) is 35.9 Å². The number of hydrogen-bond acceptors (Lipinski definition) is 2. The summed E-state index contributed by atoms with van der Waals surface area (Å²) < 4.78 is 0. The second-order valence-corrected chi connectivity index (χ2v) is 5.76. The van der Waals surface area contributed by atoms with E-state index in [0.717, 1.165) is 29.7 Å². The first-order valence-corrected chi connectivity index (χ1v) is 7.36. The number of carboxylic acids is 1. The fourth-order valence-electron chi connectivity index (χ4n) is 2.53. The molecule has 0 aromatic heterocycles. The van der Waals surface area contributed by atoms with Crippen LogP contribution in [0.4, 0.5) is 5.69 Å². The summed E-state index contributed by atoms with van der Waals surface area (Å²) in [4.78, 5) is 11.7. The Morgan fingerprint density at radius 2 is 1.81 bits per heavy atom. The third-order valence-corrected chi connectivity index (χ3v) is 3.98. The van der Waals surface area contributed by atoms with Gasteiger partial charge in [0.2, 0.25) is 0 Å². The first kappa shape index (κ1) is 14.0. The second-order valence-electron chi connectivity index (χ2n) is 5.33. The maximum atomic E-state index is 11.7. The summed E-state index contributed by atoms with van der Waals surface area (Å²) in [6.45, 7) is 0. The molecule has 21 heavy (non-hydrogen) atoms. The molecule has 2 N–H and O–H groups in total. The number of rotatable bonds is 5. The Balaban J connectivity index is 1.91. The van der Waals surface area contributed by atoms with Crippen LogP contribution in [0.15, 0.2) is 48.5 Å². The molecular weight excluding hydrogens is 286 g/mol. The van der Waals surface area contributed by atoms with E-state index in [4.69, 9.17) is 11.6 Å². The Hall–Kier alpha value is -2.00. The van der Waals surface area contributed by atoms with E-state index in [1.54, 1.807) is 24.3 Å². The molecule has 3 nitrogen and oxygen atoms in total. The average molecular weight is 302 g/mol. The van der Waals surface area contributed by atoms with Crippen molar-refractivity contribution < 1.29 is 9.90 Å². The van der Waals surface area contributed by atoms with Gasteiger partial charge in [0, 0.05) is 10.7 Å². The Morgan fingerprint density at radius 3 is 2.43 bits per heavy atom. The van der Waals surface area contributed by atoms with Gasteiger partial charge in [-0.25, -0.2) is 4.79 Å². The van der Waals surface area contributed by atoms with E-state index >= 15 is 0 Å². The highest BCUT2D eigenvalue weighted by molar-refractivity contribution is 6.30. The zero-order valence-electron chi connectivity index (χ0n) is 11.4. The van der Waals surface area contributed by atoms with Gasteiger partial charge in [0.05, 0.1) is 0 Å². The van der Waals surface area contributed by atoms with Crippen molar-refractivity contribution in [2.45, 2.75) is 24.8 Å². The van der Waals surface area contributed by atoms with Crippen molar-refractivity contribution in [2.75, 3.05) is 5.32 Å². The molecule has 1 fully saturated rings. The van der Waals surface area contributed by atoms with Gasteiger partial charge in [0.15, 0.2) is 6.04 Å². The molecule has 2 aromatic carbocycles. The fourth-order valence-corrected chi connectivity index (χ4v) is 2.65. The lowest BCUT2D eigenvalue weighted by molar-refractivity contribution is -0.138. The van der Waals surface area contributed by atoms with Crippen molar-refractivity contribution >= 4 is 23.3 Å².